The predicted molar refractivity (Wildman–Crippen MR) is 106 cm³/mol. The van der Waals surface area contributed by atoms with Crippen molar-refractivity contribution in [3.05, 3.63) is 53.3 Å². The molecule has 1 aliphatic heterocycles. The second-order valence-corrected chi connectivity index (χ2v) is 8.21. The number of imide groups is 1. The third-order valence-electron chi connectivity index (χ3n) is 3.46. The summed E-state index contributed by atoms with van der Waals surface area (Å²) in [5.74, 6) is -1.00. The van der Waals surface area contributed by atoms with Gasteiger partial charge in [-0.2, -0.15) is 0 Å². The Labute approximate surface area is 176 Å². The van der Waals surface area contributed by atoms with Gasteiger partial charge in [-0.15, -0.1) is 0 Å². The third-order valence-corrected chi connectivity index (χ3v) is 8.23. The number of carbonyl (C=O) groups excluding carboxylic acids is 3. The van der Waals surface area contributed by atoms with Gasteiger partial charge in [-0.3, -0.25) is 14.4 Å². The number of benzene rings is 2. The van der Waals surface area contributed by atoms with Crippen LogP contribution < -0.4 is 9.64 Å². The summed E-state index contributed by atoms with van der Waals surface area (Å²) >= 11 is 13.5. The quantitative estimate of drug-likeness (QED) is 0.152. The molecule has 128 valence electrons. The maximum atomic E-state index is 12.8. The van der Waals surface area contributed by atoms with E-state index in [4.69, 9.17) is 4.74 Å². The number of carbonyl (C=O) groups is 3. The summed E-state index contributed by atoms with van der Waals surface area (Å²) in [5.41, 5.74) is 0.931. The normalized spacial score (nSPS) is 13.2. The lowest BCUT2D eigenvalue weighted by molar-refractivity contribution is -0.131. The topological polar surface area (TPSA) is 63.7 Å². The van der Waals surface area contributed by atoms with Gasteiger partial charge in [0.05, 0.1) is 16.8 Å². The molecule has 0 aliphatic carbocycles. The second-order valence-electron chi connectivity index (χ2n) is 5.04. The van der Waals surface area contributed by atoms with Crippen LogP contribution in [0.3, 0.4) is 0 Å². The standard InChI is InChI=1S/C16H7Br4NO4/c1-6(22)25-8-4-2-7(3-5-8)21-15(23)9-10(16(21)24)12(18)14(20)13(19)11(9)17/h2-5H,1H3. The van der Waals surface area contributed by atoms with Crippen molar-refractivity contribution in [2.45, 2.75) is 6.92 Å². The highest BCUT2D eigenvalue weighted by atomic mass is 79.9. The Morgan fingerprint density at radius 3 is 1.68 bits per heavy atom. The Hall–Kier alpha value is -1.03. The van der Waals surface area contributed by atoms with E-state index in [0.717, 1.165) is 4.90 Å². The summed E-state index contributed by atoms with van der Waals surface area (Å²) in [4.78, 5) is 37.7. The fraction of sp³-hybridized carbons (Fsp3) is 0.0625. The molecule has 0 saturated carbocycles. The van der Waals surface area contributed by atoms with E-state index in [1.54, 1.807) is 12.1 Å². The van der Waals surface area contributed by atoms with Crippen LogP contribution in [0.5, 0.6) is 5.75 Å². The molecule has 0 aromatic heterocycles. The molecule has 0 radical (unpaired) electrons. The van der Waals surface area contributed by atoms with Gasteiger partial charge in [0, 0.05) is 24.8 Å². The molecule has 0 bridgehead atoms. The molecule has 0 unspecified atom stereocenters. The number of anilines is 1. The molecular formula is C16H7Br4NO4. The monoisotopic (exact) mass is 593 g/mol. The van der Waals surface area contributed by atoms with Crippen molar-refractivity contribution in [1.29, 1.82) is 0 Å². The zero-order valence-corrected chi connectivity index (χ0v) is 18.7. The van der Waals surface area contributed by atoms with E-state index in [2.05, 4.69) is 63.7 Å². The van der Waals surface area contributed by atoms with E-state index >= 15 is 0 Å². The summed E-state index contributed by atoms with van der Waals surface area (Å²) in [6, 6.07) is 6.14. The highest BCUT2D eigenvalue weighted by Gasteiger charge is 2.41. The first-order valence-electron chi connectivity index (χ1n) is 6.77. The zero-order chi connectivity index (χ0) is 18.5. The molecule has 0 spiro atoms. The van der Waals surface area contributed by atoms with Crippen LogP contribution in [-0.2, 0) is 4.79 Å². The fourth-order valence-electron chi connectivity index (χ4n) is 2.41. The molecule has 0 fully saturated rings. The molecule has 9 heteroatoms. The van der Waals surface area contributed by atoms with Gasteiger partial charge in [0.2, 0.25) is 0 Å². The number of ether oxygens (including phenoxy) is 1. The van der Waals surface area contributed by atoms with Crippen molar-refractivity contribution in [1.82, 2.24) is 0 Å². The van der Waals surface area contributed by atoms with Gasteiger partial charge in [0.25, 0.3) is 11.8 Å². The number of fused-ring (bicyclic) bond motifs is 1. The summed E-state index contributed by atoms with van der Waals surface area (Å²) in [7, 11) is 0. The Morgan fingerprint density at radius 1 is 0.840 bits per heavy atom. The highest BCUT2D eigenvalue weighted by molar-refractivity contribution is 9.15. The van der Waals surface area contributed by atoms with Crippen molar-refractivity contribution in [3.63, 3.8) is 0 Å². The van der Waals surface area contributed by atoms with Crippen molar-refractivity contribution < 1.29 is 19.1 Å². The van der Waals surface area contributed by atoms with Crippen LogP contribution in [0.1, 0.15) is 27.6 Å². The van der Waals surface area contributed by atoms with Gasteiger partial charge >= 0.3 is 5.97 Å². The lowest BCUT2D eigenvalue weighted by Gasteiger charge is -2.14. The SMILES string of the molecule is CC(=O)Oc1ccc(N2C(=O)c3c(Br)c(Br)c(Br)c(Br)c3C2=O)cc1. The van der Waals surface area contributed by atoms with Crippen LogP contribution in [0.25, 0.3) is 0 Å². The van der Waals surface area contributed by atoms with E-state index < -0.39 is 17.8 Å². The molecule has 2 aromatic rings. The number of hydrogen-bond donors (Lipinski definition) is 0. The van der Waals surface area contributed by atoms with E-state index in [-0.39, 0.29) is 11.1 Å². The van der Waals surface area contributed by atoms with Gasteiger partial charge in [-0.25, -0.2) is 4.90 Å². The second kappa shape index (κ2) is 6.94. The molecule has 5 nitrogen and oxygen atoms in total. The number of nitrogens with zero attached hydrogens (tertiary/aromatic N) is 1. The number of halogens is 4. The molecule has 25 heavy (non-hydrogen) atoms. The Bertz CT molecular complexity index is 893. The summed E-state index contributed by atoms with van der Waals surface area (Å²) < 4.78 is 7.21. The molecule has 2 amide bonds. The Kier molecular flexibility index (Phi) is 5.21. The first-order valence-corrected chi connectivity index (χ1v) is 9.94. The van der Waals surface area contributed by atoms with Crippen LogP contribution >= 0.6 is 63.7 Å². The van der Waals surface area contributed by atoms with Crippen molar-refractivity contribution in [2.24, 2.45) is 0 Å². The maximum Gasteiger partial charge on any atom is 0.308 e. The van der Waals surface area contributed by atoms with Gasteiger partial charge in [-0.1, -0.05) is 0 Å². The molecule has 2 aromatic carbocycles. The lowest BCUT2D eigenvalue weighted by atomic mass is 10.1. The highest BCUT2D eigenvalue weighted by Crippen LogP contribution is 2.46. The first-order chi connectivity index (χ1) is 11.7. The average Bonchev–Trinajstić information content (AvgIpc) is 2.82. The molecular weight excluding hydrogens is 590 g/mol. The van der Waals surface area contributed by atoms with Gasteiger partial charge < -0.3 is 4.74 Å². The largest absolute Gasteiger partial charge is 0.427 e. The van der Waals surface area contributed by atoms with Crippen LogP contribution in [0.2, 0.25) is 0 Å². The van der Waals surface area contributed by atoms with Crippen LogP contribution in [0.4, 0.5) is 5.69 Å². The van der Waals surface area contributed by atoms with Crippen molar-refractivity contribution in [2.75, 3.05) is 4.90 Å². The molecule has 0 N–H and O–H groups in total. The van der Waals surface area contributed by atoms with Gasteiger partial charge in [-0.05, 0) is 88.0 Å². The van der Waals surface area contributed by atoms with Gasteiger partial charge in [0.15, 0.2) is 0 Å². The zero-order valence-electron chi connectivity index (χ0n) is 12.4. The van der Waals surface area contributed by atoms with E-state index in [0.29, 0.717) is 29.3 Å². The van der Waals surface area contributed by atoms with Crippen LogP contribution in [0, 0.1) is 0 Å². The minimum Gasteiger partial charge on any atom is -0.427 e. The predicted octanol–water partition coefficient (Wildman–Crippen LogP) is 5.46. The Morgan fingerprint density at radius 2 is 1.28 bits per heavy atom. The number of hydrogen-bond acceptors (Lipinski definition) is 4. The minimum atomic E-state index is -0.448. The van der Waals surface area contributed by atoms with E-state index in [1.807, 2.05) is 0 Å². The average molecular weight is 597 g/mol. The lowest BCUT2D eigenvalue weighted by Crippen LogP contribution is -2.29. The third kappa shape index (κ3) is 3.11. The fourth-order valence-corrected chi connectivity index (χ4v) is 4.87. The van der Waals surface area contributed by atoms with Crippen LogP contribution in [-0.4, -0.2) is 17.8 Å². The summed E-state index contributed by atoms with van der Waals surface area (Å²) in [6.45, 7) is 1.29. The smallest absolute Gasteiger partial charge is 0.308 e. The van der Waals surface area contributed by atoms with Crippen LogP contribution in [0.15, 0.2) is 42.2 Å². The van der Waals surface area contributed by atoms with E-state index in [9.17, 15) is 14.4 Å². The first kappa shape index (κ1) is 18.8. The maximum absolute atomic E-state index is 12.8. The molecule has 3 rings (SSSR count). The summed E-state index contributed by atoms with van der Waals surface area (Å²) in [5, 5.41) is 0. The van der Waals surface area contributed by atoms with Crippen molar-refractivity contribution in [3.8, 4) is 5.75 Å². The summed E-state index contributed by atoms with van der Waals surface area (Å²) in [6.07, 6.45) is 0. The van der Waals surface area contributed by atoms with Crippen molar-refractivity contribution >= 4 is 87.2 Å². The number of amides is 2. The molecule has 1 heterocycles. The molecule has 1 aliphatic rings. The number of rotatable bonds is 2. The minimum absolute atomic E-state index is 0.274. The molecule has 0 atom stereocenters. The van der Waals surface area contributed by atoms with Gasteiger partial charge in [0.1, 0.15) is 5.75 Å². The molecule has 0 saturated heterocycles. The Balaban J connectivity index is 2.08. The van der Waals surface area contributed by atoms with E-state index in [1.165, 1.54) is 19.1 Å². The number of esters is 1.